The average Bonchev–Trinajstić information content (AvgIpc) is 2.83. The molecular formula is C30H35N2O3+. The molecule has 2 aliphatic rings. The van der Waals surface area contributed by atoms with Crippen LogP contribution >= 0.6 is 0 Å². The largest absolute Gasteiger partial charge is 0.427 e. The lowest BCUT2D eigenvalue weighted by atomic mass is 9.57. The minimum absolute atomic E-state index is 0.00469. The summed E-state index contributed by atoms with van der Waals surface area (Å²) >= 11 is 0. The molecule has 1 saturated carbocycles. The van der Waals surface area contributed by atoms with Crippen LogP contribution in [0.2, 0.25) is 0 Å². The fourth-order valence-electron chi connectivity index (χ4n) is 6.40. The van der Waals surface area contributed by atoms with E-state index in [1.165, 1.54) is 12.5 Å². The number of rotatable bonds is 4. The molecule has 3 aromatic carbocycles. The van der Waals surface area contributed by atoms with Crippen LogP contribution in [0, 0.1) is 5.92 Å². The van der Waals surface area contributed by atoms with E-state index in [2.05, 4.69) is 31.5 Å². The molecule has 1 aliphatic heterocycles. The number of carbonyl (C=O) groups excluding carboxylic acids is 2. The third-order valence-electron chi connectivity index (χ3n) is 8.15. The molecule has 1 heterocycles. The Morgan fingerprint density at radius 2 is 1.77 bits per heavy atom. The van der Waals surface area contributed by atoms with Gasteiger partial charge in [0.15, 0.2) is 0 Å². The molecule has 0 unspecified atom stereocenters. The van der Waals surface area contributed by atoms with Gasteiger partial charge in [-0.15, -0.1) is 0 Å². The summed E-state index contributed by atoms with van der Waals surface area (Å²) in [6, 6.07) is 22.2. The van der Waals surface area contributed by atoms with Gasteiger partial charge < -0.3 is 14.5 Å². The van der Waals surface area contributed by atoms with Gasteiger partial charge in [-0.1, -0.05) is 42.5 Å². The van der Waals surface area contributed by atoms with Gasteiger partial charge >= 0.3 is 5.97 Å². The minimum atomic E-state index is -0.304. The van der Waals surface area contributed by atoms with Crippen molar-refractivity contribution < 1.29 is 18.8 Å². The highest BCUT2D eigenvalue weighted by Crippen LogP contribution is 2.50. The fraction of sp³-hybridized carbons (Fsp3) is 0.400. The van der Waals surface area contributed by atoms with Crippen molar-refractivity contribution in [3.8, 4) is 5.75 Å². The second-order valence-corrected chi connectivity index (χ2v) is 11.1. The van der Waals surface area contributed by atoms with Gasteiger partial charge in [-0.3, -0.25) is 9.59 Å². The molecule has 0 aromatic heterocycles. The van der Waals surface area contributed by atoms with E-state index in [4.69, 9.17) is 4.74 Å². The first-order valence-corrected chi connectivity index (χ1v) is 12.6. The molecule has 1 amide bonds. The van der Waals surface area contributed by atoms with Crippen LogP contribution < -0.4 is 10.1 Å². The van der Waals surface area contributed by atoms with E-state index in [9.17, 15) is 9.59 Å². The molecule has 5 heteroatoms. The Morgan fingerprint density at radius 3 is 2.57 bits per heavy atom. The van der Waals surface area contributed by atoms with Gasteiger partial charge in [0.1, 0.15) is 5.75 Å². The number of carbonyl (C=O) groups is 2. The number of nitrogens with zero attached hydrogens (tertiary/aromatic N) is 1. The summed E-state index contributed by atoms with van der Waals surface area (Å²) in [6.07, 6.45) is 4.01. The highest BCUT2D eigenvalue weighted by atomic mass is 16.5. The number of ether oxygens (including phenoxy) is 1. The number of nitrogens with one attached hydrogen (secondary N) is 1. The van der Waals surface area contributed by atoms with Crippen molar-refractivity contribution in [3.63, 3.8) is 0 Å². The summed E-state index contributed by atoms with van der Waals surface area (Å²) in [5.41, 5.74) is 1.90. The third-order valence-corrected chi connectivity index (χ3v) is 8.15. The van der Waals surface area contributed by atoms with Gasteiger partial charge in [0, 0.05) is 36.3 Å². The Balaban J connectivity index is 1.41. The van der Waals surface area contributed by atoms with E-state index in [-0.39, 0.29) is 23.3 Å². The molecule has 1 aliphatic carbocycles. The molecule has 3 atom stereocenters. The Bertz CT molecular complexity index is 1270. The van der Waals surface area contributed by atoms with Gasteiger partial charge in [0.25, 0.3) is 5.91 Å². The van der Waals surface area contributed by atoms with Gasteiger partial charge in [-0.2, -0.15) is 0 Å². The number of fused-ring (bicyclic) bond motifs is 2. The average molecular weight is 472 g/mol. The van der Waals surface area contributed by atoms with Crippen molar-refractivity contribution in [3.05, 3.63) is 77.9 Å². The Kier molecular flexibility index (Phi) is 6.14. The summed E-state index contributed by atoms with van der Waals surface area (Å²) in [6.45, 7) is 3.64. The normalized spacial score (nSPS) is 25.5. The molecule has 182 valence electrons. The fourth-order valence-corrected chi connectivity index (χ4v) is 6.40. The van der Waals surface area contributed by atoms with Gasteiger partial charge in [-0.05, 0) is 59.9 Å². The molecule has 0 bridgehead atoms. The monoisotopic (exact) mass is 471 g/mol. The second kappa shape index (κ2) is 9.12. The molecule has 5 nitrogen and oxygen atoms in total. The summed E-state index contributed by atoms with van der Waals surface area (Å²) < 4.78 is 6.45. The van der Waals surface area contributed by atoms with Crippen LogP contribution in [0.1, 0.15) is 48.5 Å². The van der Waals surface area contributed by atoms with E-state index in [1.807, 2.05) is 54.6 Å². The summed E-state index contributed by atoms with van der Waals surface area (Å²) in [5.74, 6) is 0.814. The molecular weight excluding hydrogens is 436 g/mol. The lowest BCUT2D eigenvalue weighted by Gasteiger charge is -2.54. The van der Waals surface area contributed by atoms with Crippen LogP contribution in [0.4, 0.5) is 0 Å². The lowest BCUT2D eigenvalue weighted by molar-refractivity contribution is -0.901. The third kappa shape index (κ3) is 4.83. The van der Waals surface area contributed by atoms with Crippen molar-refractivity contribution in [2.24, 2.45) is 5.92 Å². The summed E-state index contributed by atoms with van der Waals surface area (Å²) in [4.78, 5) is 24.8. The van der Waals surface area contributed by atoms with Crippen LogP contribution in [0.5, 0.6) is 5.75 Å². The predicted octanol–water partition coefficient (Wildman–Crippen LogP) is 5.08. The Morgan fingerprint density at radius 1 is 0.971 bits per heavy atom. The maximum absolute atomic E-state index is 13.3. The number of piperidine rings is 1. The zero-order chi connectivity index (χ0) is 24.6. The number of hydrogen-bond donors (Lipinski definition) is 1. The Labute approximate surface area is 207 Å². The first-order valence-electron chi connectivity index (χ1n) is 12.6. The standard InChI is InChI=1S/C30H34N2O3/c1-21(33)35-28-10-6-9-25(18-28)30-15-16-32(2,3)20-26(30)13-14-27(19-30)31-29(34)24-12-11-22-7-4-5-8-23(22)17-24/h4-12,17-18,26-27H,13-16,19-20H2,1-3H3/p+1/t26-,27+,30+/m1/s1. The number of likely N-dealkylation sites (tertiary alicyclic amines) is 1. The van der Waals surface area contributed by atoms with Crippen molar-refractivity contribution in [2.45, 2.75) is 44.1 Å². The van der Waals surface area contributed by atoms with Gasteiger partial charge in [0.2, 0.25) is 0 Å². The first kappa shape index (κ1) is 23.6. The Hall–Kier alpha value is -3.18. The predicted molar refractivity (Wildman–Crippen MR) is 138 cm³/mol. The van der Waals surface area contributed by atoms with Gasteiger partial charge in [-0.25, -0.2) is 0 Å². The number of quaternary nitrogens is 1. The molecule has 3 aromatic rings. The van der Waals surface area contributed by atoms with Crippen molar-refractivity contribution in [1.82, 2.24) is 5.32 Å². The topological polar surface area (TPSA) is 55.4 Å². The van der Waals surface area contributed by atoms with E-state index >= 15 is 0 Å². The van der Waals surface area contributed by atoms with Gasteiger partial charge in [0.05, 0.1) is 27.2 Å². The lowest BCUT2D eigenvalue weighted by Crippen LogP contribution is -2.60. The van der Waals surface area contributed by atoms with Crippen LogP contribution in [-0.4, -0.2) is 49.6 Å². The minimum Gasteiger partial charge on any atom is -0.427 e. The highest BCUT2D eigenvalue weighted by Gasteiger charge is 2.51. The maximum Gasteiger partial charge on any atom is 0.308 e. The molecule has 2 fully saturated rings. The number of amides is 1. The first-order chi connectivity index (χ1) is 16.7. The summed E-state index contributed by atoms with van der Waals surface area (Å²) in [7, 11) is 4.62. The zero-order valence-corrected chi connectivity index (χ0v) is 20.9. The summed E-state index contributed by atoms with van der Waals surface area (Å²) in [5, 5.41) is 5.58. The van der Waals surface area contributed by atoms with E-state index < -0.39 is 0 Å². The van der Waals surface area contributed by atoms with Crippen LogP contribution in [0.3, 0.4) is 0 Å². The maximum atomic E-state index is 13.3. The molecule has 35 heavy (non-hydrogen) atoms. The van der Waals surface area contributed by atoms with E-state index in [0.717, 1.165) is 54.0 Å². The van der Waals surface area contributed by atoms with Crippen LogP contribution in [0.15, 0.2) is 66.7 Å². The SMILES string of the molecule is CC(=O)Oc1cccc([C@@]23CC[N+](C)(C)C[C@H]2CC[C@H](NC(=O)c2ccc4ccccc4c2)C3)c1. The van der Waals surface area contributed by atoms with Crippen LogP contribution in [-0.2, 0) is 10.2 Å². The van der Waals surface area contributed by atoms with Crippen LogP contribution in [0.25, 0.3) is 10.8 Å². The molecule has 0 radical (unpaired) electrons. The molecule has 1 saturated heterocycles. The number of benzene rings is 3. The quantitative estimate of drug-likeness (QED) is 0.328. The smallest absolute Gasteiger partial charge is 0.308 e. The highest BCUT2D eigenvalue weighted by molar-refractivity contribution is 5.98. The molecule has 1 N–H and O–H groups in total. The second-order valence-electron chi connectivity index (χ2n) is 11.1. The van der Waals surface area contributed by atoms with Crippen molar-refractivity contribution >= 4 is 22.6 Å². The molecule has 5 rings (SSSR count). The zero-order valence-electron chi connectivity index (χ0n) is 20.9. The van der Waals surface area contributed by atoms with E-state index in [0.29, 0.717) is 17.2 Å². The van der Waals surface area contributed by atoms with Crippen molar-refractivity contribution in [1.29, 1.82) is 0 Å². The molecule has 0 spiro atoms. The van der Waals surface area contributed by atoms with E-state index in [1.54, 1.807) is 0 Å². The number of hydrogen-bond acceptors (Lipinski definition) is 3. The van der Waals surface area contributed by atoms with Crippen molar-refractivity contribution in [2.75, 3.05) is 27.2 Å². The number of esters is 1.